The highest BCUT2D eigenvalue weighted by Gasteiger charge is 2.20. The van der Waals surface area contributed by atoms with Crippen LogP contribution in [0.3, 0.4) is 0 Å². The van der Waals surface area contributed by atoms with E-state index in [-0.39, 0.29) is 31.1 Å². The molecule has 0 amide bonds. The largest absolute Gasteiger partial charge is 0.461 e. The van der Waals surface area contributed by atoms with Gasteiger partial charge >= 0.3 is 5.97 Å². The zero-order chi connectivity index (χ0) is 13.8. The Hall–Kier alpha value is -1.48. The van der Waals surface area contributed by atoms with Crippen LogP contribution >= 0.6 is 0 Å². The molecule has 1 aromatic rings. The van der Waals surface area contributed by atoms with Gasteiger partial charge in [-0.3, -0.25) is 0 Å². The van der Waals surface area contributed by atoms with Crippen LogP contribution in [0.4, 0.5) is 0 Å². The van der Waals surface area contributed by atoms with Crippen molar-refractivity contribution < 1.29 is 17.9 Å². The maximum Gasteiger partial charge on any atom is 0.360 e. The van der Waals surface area contributed by atoms with Crippen molar-refractivity contribution in [2.75, 3.05) is 18.6 Å². The molecule has 0 aliphatic rings. The van der Waals surface area contributed by atoms with E-state index < -0.39 is 15.8 Å². The van der Waals surface area contributed by atoms with E-state index >= 15 is 0 Å². The first-order valence-electron chi connectivity index (χ1n) is 5.36. The molecular formula is C9H16N4O4S. The zero-order valence-electron chi connectivity index (χ0n) is 10.3. The molecule has 0 aliphatic heterocycles. The van der Waals surface area contributed by atoms with Gasteiger partial charge in [-0.05, 0) is 6.92 Å². The van der Waals surface area contributed by atoms with Crippen LogP contribution in [-0.4, -0.2) is 48.0 Å². The molecule has 1 rings (SSSR count). The zero-order valence-corrected chi connectivity index (χ0v) is 11.1. The van der Waals surface area contributed by atoms with Crippen LogP contribution < -0.4 is 5.73 Å². The predicted octanol–water partition coefficient (Wildman–Crippen LogP) is -1.04. The number of nitrogens with two attached hydrogens (primary N) is 1. The van der Waals surface area contributed by atoms with Crippen molar-refractivity contribution in [3.63, 3.8) is 0 Å². The highest BCUT2D eigenvalue weighted by Crippen LogP contribution is 2.07. The number of hydrogen-bond donors (Lipinski definition) is 1. The number of hydrogen-bond acceptors (Lipinski definition) is 7. The Labute approximate surface area is 105 Å². The molecule has 18 heavy (non-hydrogen) atoms. The molecule has 0 aromatic carbocycles. The summed E-state index contributed by atoms with van der Waals surface area (Å²) in [6.07, 6.45) is 1.12. The van der Waals surface area contributed by atoms with E-state index in [2.05, 4.69) is 10.3 Å². The van der Waals surface area contributed by atoms with Gasteiger partial charge in [0.2, 0.25) is 0 Å². The van der Waals surface area contributed by atoms with Gasteiger partial charge < -0.3 is 10.5 Å². The van der Waals surface area contributed by atoms with E-state index in [4.69, 9.17) is 10.5 Å². The molecule has 9 heteroatoms. The lowest BCUT2D eigenvalue weighted by Gasteiger charge is -2.04. The second kappa shape index (κ2) is 5.91. The number of carbonyl (C=O) groups is 1. The molecule has 0 atom stereocenters. The molecule has 0 aliphatic carbocycles. The number of rotatable bonds is 6. The lowest BCUT2D eigenvalue weighted by Crippen LogP contribution is -2.18. The normalized spacial score (nSPS) is 11.5. The summed E-state index contributed by atoms with van der Waals surface area (Å²) in [6, 6.07) is 0. The maximum atomic E-state index is 11.5. The minimum atomic E-state index is -3.11. The van der Waals surface area contributed by atoms with Crippen molar-refractivity contribution in [1.29, 1.82) is 0 Å². The Morgan fingerprint density at radius 2 is 2.17 bits per heavy atom. The standard InChI is InChI=1S/C9H16N4O4S/c1-3-17-9(14)8-7(6-10)13(12-11-8)4-5-18(2,15)16/h3-6,10H2,1-2H3. The molecule has 8 nitrogen and oxygen atoms in total. The van der Waals surface area contributed by atoms with Gasteiger partial charge in [-0.15, -0.1) is 5.10 Å². The van der Waals surface area contributed by atoms with Crippen LogP contribution in [0, 0.1) is 0 Å². The second-order valence-electron chi connectivity index (χ2n) is 3.66. The number of sulfone groups is 1. The van der Waals surface area contributed by atoms with Gasteiger partial charge in [0.25, 0.3) is 0 Å². The van der Waals surface area contributed by atoms with Crippen LogP contribution in [0.25, 0.3) is 0 Å². The van der Waals surface area contributed by atoms with Crippen molar-refractivity contribution in [1.82, 2.24) is 15.0 Å². The highest BCUT2D eigenvalue weighted by atomic mass is 32.2. The Bertz CT molecular complexity index is 523. The first-order chi connectivity index (χ1) is 8.39. The summed E-state index contributed by atoms with van der Waals surface area (Å²) in [5.41, 5.74) is 5.92. The van der Waals surface area contributed by atoms with E-state index in [9.17, 15) is 13.2 Å². The Morgan fingerprint density at radius 1 is 1.50 bits per heavy atom. The third kappa shape index (κ3) is 3.77. The summed E-state index contributed by atoms with van der Waals surface area (Å²) in [7, 11) is -3.11. The lowest BCUT2D eigenvalue weighted by molar-refractivity contribution is 0.0518. The van der Waals surface area contributed by atoms with Crippen LogP contribution in [0.1, 0.15) is 23.1 Å². The molecule has 1 heterocycles. The number of ether oxygens (including phenoxy) is 1. The first kappa shape index (κ1) is 14.6. The Balaban J connectivity index is 2.91. The number of nitrogens with zero attached hydrogens (tertiary/aromatic N) is 3. The van der Waals surface area contributed by atoms with Gasteiger partial charge in [-0.25, -0.2) is 17.9 Å². The number of aryl methyl sites for hydroxylation is 1. The average Bonchev–Trinajstić information content (AvgIpc) is 2.68. The summed E-state index contributed by atoms with van der Waals surface area (Å²) in [5.74, 6) is -0.699. The van der Waals surface area contributed by atoms with Crippen LogP contribution in [0.5, 0.6) is 0 Å². The summed E-state index contributed by atoms with van der Waals surface area (Å²) >= 11 is 0. The minimum Gasteiger partial charge on any atom is -0.461 e. The van der Waals surface area contributed by atoms with Gasteiger partial charge in [0.1, 0.15) is 9.84 Å². The fraction of sp³-hybridized carbons (Fsp3) is 0.667. The van der Waals surface area contributed by atoms with E-state index in [1.807, 2.05) is 0 Å². The average molecular weight is 276 g/mol. The summed E-state index contributed by atoms with van der Waals surface area (Å²) < 4.78 is 28.2. The van der Waals surface area contributed by atoms with Crippen LogP contribution in [-0.2, 0) is 27.7 Å². The molecule has 102 valence electrons. The quantitative estimate of drug-likeness (QED) is 0.659. The molecule has 1 aromatic heterocycles. The number of aromatic nitrogens is 3. The molecule has 0 unspecified atom stereocenters. The van der Waals surface area contributed by atoms with E-state index in [1.54, 1.807) is 6.92 Å². The molecule has 0 fully saturated rings. The molecule has 0 saturated carbocycles. The minimum absolute atomic E-state index is 0.0326. The third-order valence-electron chi connectivity index (χ3n) is 2.17. The van der Waals surface area contributed by atoms with Crippen molar-refractivity contribution in [2.45, 2.75) is 20.0 Å². The van der Waals surface area contributed by atoms with Gasteiger partial charge in [0, 0.05) is 12.8 Å². The molecule has 0 saturated heterocycles. The fourth-order valence-electron chi connectivity index (χ4n) is 1.32. The maximum absolute atomic E-state index is 11.5. The molecule has 2 N–H and O–H groups in total. The smallest absolute Gasteiger partial charge is 0.360 e. The SMILES string of the molecule is CCOC(=O)c1nnn(CCS(C)(=O)=O)c1CN. The molecular weight excluding hydrogens is 260 g/mol. The fourth-order valence-corrected chi connectivity index (χ4v) is 1.83. The molecule has 0 radical (unpaired) electrons. The summed E-state index contributed by atoms with van der Waals surface area (Å²) in [6.45, 7) is 2.04. The summed E-state index contributed by atoms with van der Waals surface area (Å²) in [4.78, 5) is 11.5. The highest BCUT2D eigenvalue weighted by molar-refractivity contribution is 7.90. The Morgan fingerprint density at radius 3 is 2.67 bits per heavy atom. The van der Waals surface area contributed by atoms with E-state index in [0.717, 1.165) is 6.26 Å². The Kier molecular flexibility index (Phi) is 4.79. The summed E-state index contributed by atoms with van der Waals surface area (Å²) in [5, 5.41) is 7.38. The second-order valence-corrected chi connectivity index (χ2v) is 5.92. The monoisotopic (exact) mass is 276 g/mol. The lowest BCUT2D eigenvalue weighted by atomic mass is 10.3. The van der Waals surface area contributed by atoms with Crippen molar-refractivity contribution >= 4 is 15.8 Å². The molecule has 0 spiro atoms. The number of carbonyl (C=O) groups excluding carboxylic acids is 1. The van der Waals surface area contributed by atoms with E-state index in [1.165, 1.54) is 4.68 Å². The van der Waals surface area contributed by atoms with Crippen LogP contribution in [0.2, 0.25) is 0 Å². The van der Waals surface area contributed by atoms with Crippen molar-refractivity contribution in [3.05, 3.63) is 11.4 Å². The van der Waals surface area contributed by atoms with E-state index in [0.29, 0.717) is 5.69 Å². The first-order valence-corrected chi connectivity index (χ1v) is 7.42. The molecule has 0 bridgehead atoms. The third-order valence-corrected chi connectivity index (χ3v) is 3.10. The van der Waals surface area contributed by atoms with Crippen molar-refractivity contribution in [3.8, 4) is 0 Å². The number of esters is 1. The van der Waals surface area contributed by atoms with Gasteiger partial charge in [-0.2, -0.15) is 0 Å². The van der Waals surface area contributed by atoms with Gasteiger partial charge in [0.15, 0.2) is 5.69 Å². The topological polar surface area (TPSA) is 117 Å². The van der Waals surface area contributed by atoms with Crippen molar-refractivity contribution in [2.24, 2.45) is 5.73 Å². The van der Waals surface area contributed by atoms with Gasteiger partial charge in [0.05, 0.1) is 24.6 Å². The van der Waals surface area contributed by atoms with Gasteiger partial charge in [-0.1, -0.05) is 5.21 Å². The predicted molar refractivity (Wildman–Crippen MR) is 63.6 cm³/mol. The van der Waals surface area contributed by atoms with Crippen LogP contribution in [0.15, 0.2) is 0 Å².